The number of nitrogens with two attached hydrogens (primary N) is 1. The van der Waals surface area contributed by atoms with Crippen molar-refractivity contribution in [1.29, 1.82) is 0 Å². The van der Waals surface area contributed by atoms with E-state index in [0.29, 0.717) is 13.0 Å². The molecule has 1 amide bonds. The number of anilines is 1. The summed E-state index contributed by atoms with van der Waals surface area (Å²) in [6.45, 7) is 2.61. The van der Waals surface area contributed by atoms with Gasteiger partial charge in [-0.3, -0.25) is 0 Å². The summed E-state index contributed by atoms with van der Waals surface area (Å²) < 4.78 is 0. The molecule has 1 saturated carbocycles. The van der Waals surface area contributed by atoms with Crippen LogP contribution in [0.1, 0.15) is 42.4 Å². The summed E-state index contributed by atoms with van der Waals surface area (Å²) in [5.74, 6) is -4.27. The number of hydrogen-bond donors (Lipinski definition) is 5. The third-order valence-corrected chi connectivity index (χ3v) is 9.17. The van der Waals surface area contributed by atoms with Gasteiger partial charge in [0, 0.05) is 0 Å². The zero-order valence-corrected chi connectivity index (χ0v) is 23.6. The molecule has 6 N–H and O–H groups in total. The number of carbonyl (C=O) groups is 2. The summed E-state index contributed by atoms with van der Waals surface area (Å²) in [5, 5.41) is 45.7. The molecule has 5 rings (SSSR count). The Morgan fingerprint density at radius 3 is 2.38 bits per heavy atom. The van der Waals surface area contributed by atoms with Crippen molar-refractivity contribution in [2.24, 2.45) is 17.6 Å². The standard InChI is InChI=1S/C29H38BN4O6/c1-32(2)22-15(13-34-8-6-5-7-9-34)12-18(35)20-16(22)10-14-11-17-23(33(3)4)25(37)21(28(31)39)26(30)29(17,40)27(38)19(14)24(20)36/h12,14,17,23,35-37,40H,5-11,13H2,1-4H3,(H2,31,39)/t14-,17-,23-,29+/m0/s1. The van der Waals surface area contributed by atoms with Crippen LogP contribution < -0.4 is 10.6 Å². The van der Waals surface area contributed by atoms with Crippen molar-refractivity contribution < 1.29 is 30.0 Å². The van der Waals surface area contributed by atoms with E-state index in [2.05, 4.69) is 4.90 Å². The van der Waals surface area contributed by atoms with E-state index in [9.17, 15) is 30.0 Å². The Bertz CT molecular complexity index is 1360. The van der Waals surface area contributed by atoms with E-state index in [1.165, 1.54) is 6.42 Å². The van der Waals surface area contributed by atoms with Crippen molar-refractivity contribution in [2.75, 3.05) is 46.2 Å². The van der Waals surface area contributed by atoms with Gasteiger partial charge in [-0.15, -0.1) is 0 Å². The third-order valence-electron chi connectivity index (χ3n) is 9.17. The van der Waals surface area contributed by atoms with E-state index < -0.39 is 52.0 Å². The molecule has 2 fully saturated rings. The summed E-state index contributed by atoms with van der Waals surface area (Å²) in [6.07, 6.45) is 3.97. The minimum absolute atomic E-state index is 0.0410. The summed E-state index contributed by atoms with van der Waals surface area (Å²) >= 11 is 0. The average molecular weight is 549 g/mol. The second-order valence-corrected chi connectivity index (χ2v) is 12.0. The number of ketones is 1. The number of phenolic OH excluding ortho intramolecular Hbond substituents is 1. The Morgan fingerprint density at radius 1 is 1.15 bits per heavy atom. The van der Waals surface area contributed by atoms with E-state index >= 15 is 0 Å². The predicted molar refractivity (Wildman–Crippen MR) is 153 cm³/mol. The molecule has 4 atom stereocenters. The number of aliphatic hydroxyl groups is 3. The van der Waals surface area contributed by atoms with Gasteiger partial charge in [-0.25, -0.2) is 0 Å². The number of likely N-dealkylation sites (tertiary alicyclic amines) is 1. The number of benzene rings is 1. The van der Waals surface area contributed by atoms with Gasteiger partial charge >= 0.3 is 216 Å². The second kappa shape index (κ2) is 10.0. The van der Waals surface area contributed by atoms with Crippen molar-refractivity contribution in [1.82, 2.24) is 9.80 Å². The number of aromatic hydroxyl groups is 1. The molecule has 1 heterocycles. The SMILES string of the molecule is [B]=C1C(C(N)=O)=C(O)[C@@H](N(C)C)[C@@H]2C[C@@H]3Cc4c(c(O)cc(CN5CCCCC5)c4N(C)C)C(O)=C3C(=O)[C@]12O. The first kappa shape index (κ1) is 28.4. The Labute approximate surface area is 235 Å². The van der Waals surface area contributed by atoms with Crippen molar-refractivity contribution in [3.05, 3.63) is 39.7 Å². The van der Waals surface area contributed by atoms with Crippen LogP contribution in [0.5, 0.6) is 5.75 Å². The number of piperidine rings is 1. The molecule has 0 aromatic heterocycles. The number of carbonyl (C=O) groups excluding carboxylic acids is 2. The Kier molecular flexibility index (Phi) is 7.13. The molecule has 1 saturated heterocycles. The van der Waals surface area contributed by atoms with Gasteiger partial charge in [0.25, 0.3) is 0 Å². The molecule has 1 aromatic rings. The van der Waals surface area contributed by atoms with Crippen LogP contribution in [0, 0.1) is 11.8 Å². The van der Waals surface area contributed by atoms with Crippen molar-refractivity contribution >= 4 is 36.1 Å². The van der Waals surface area contributed by atoms with Gasteiger partial charge in [0.2, 0.25) is 0 Å². The van der Waals surface area contributed by atoms with Gasteiger partial charge < -0.3 is 0 Å². The van der Waals surface area contributed by atoms with Crippen LogP contribution in [-0.4, -0.2) is 108 Å². The molecular formula is C29H38BN4O6. The molecule has 0 spiro atoms. The molecule has 213 valence electrons. The number of rotatable bonds is 5. The van der Waals surface area contributed by atoms with Crippen LogP contribution in [0.2, 0.25) is 0 Å². The Hall–Kier alpha value is -3.15. The summed E-state index contributed by atoms with van der Waals surface area (Å²) in [5.41, 5.74) is 4.79. The number of fused-ring (bicyclic) bond motifs is 3. The number of hydrogen-bond acceptors (Lipinski definition) is 9. The van der Waals surface area contributed by atoms with Gasteiger partial charge in [0.05, 0.1) is 0 Å². The quantitative estimate of drug-likeness (QED) is 0.336. The summed E-state index contributed by atoms with van der Waals surface area (Å²) in [4.78, 5) is 32.3. The Balaban J connectivity index is 1.66. The van der Waals surface area contributed by atoms with E-state index in [-0.39, 0.29) is 29.1 Å². The number of Topliss-reactive ketones (excluding diaryl/α,β-unsaturated/α-hetero) is 1. The number of amides is 1. The number of likely N-dealkylation sites (N-methyl/N-ethyl adjacent to an activating group) is 1. The molecule has 10 nitrogen and oxygen atoms in total. The van der Waals surface area contributed by atoms with Crippen LogP contribution in [0.25, 0.3) is 5.76 Å². The van der Waals surface area contributed by atoms with Gasteiger partial charge in [0.15, 0.2) is 0 Å². The predicted octanol–water partition coefficient (Wildman–Crippen LogP) is 0.788. The number of nitrogens with zero attached hydrogens (tertiary/aromatic N) is 3. The zero-order chi connectivity index (χ0) is 29.3. The van der Waals surface area contributed by atoms with Gasteiger partial charge in [-0.2, -0.15) is 0 Å². The average Bonchev–Trinajstić information content (AvgIpc) is 2.86. The van der Waals surface area contributed by atoms with Crippen molar-refractivity contribution in [3.63, 3.8) is 0 Å². The monoisotopic (exact) mass is 549 g/mol. The fourth-order valence-electron chi connectivity index (χ4n) is 7.50. The third kappa shape index (κ3) is 4.09. The van der Waals surface area contributed by atoms with Crippen LogP contribution in [0.3, 0.4) is 0 Å². The van der Waals surface area contributed by atoms with E-state index in [0.717, 1.165) is 42.7 Å². The Morgan fingerprint density at radius 2 is 1.80 bits per heavy atom. The van der Waals surface area contributed by atoms with E-state index in [1.54, 1.807) is 25.1 Å². The fraction of sp³-hybridized carbons (Fsp3) is 0.552. The zero-order valence-electron chi connectivity index (χ0n) is 23.6. The van der Waals surface area contributed by atoms with E-state index in [4.69, 9.17) is 13.2 Å². The van der Waals surface area contributed by atoms with Crippen LogP contribution in [0.4, 0.5) is 5.69 Å². The number of aliphatic hydroxyl groups excluding tert-OH is 2. The summed E-state index contributed by atoms with van der Waals surface area (Å²) in [7, 11) is 13.4. The molecule has 1 aliphatic heterocycles. The normalized spacial score (nSPS) is 28.9. The molecular weight excluding hydrogens is 511 g/mol. The molecule has 40 heavy (non-hydrogen) atoms. The molecule has 4 aliphatic rings. The van der Waals surface area contributed by atoms with Crippen LogP contribution in [-0.2, 0) is 22.6 Å². The molecule has 11 heteroatoms. The first-order chi connectivity index (χ1) is 18.8. The number of primary amides is 1. The molecule has 0 unspecified atom stereocenters. The first-order valence-electron chi connectivity index (χ1n) is 13.8. The van der Waals surface area contributed by atoms with Crippen LogP contribution in [0.15, 0.2) is 23.0 Å². The maximum atomic E-state index is 14.1. The number of phenols is 1. The van der Waals surface area contributed by atoms with Gasteiger partial charge in [-0.05, 0) is 12.8 Å². The molecule has 1 radical (unpaired) electrons. The van der Waals surface area contributed by atoms with Gasteiger partial charge in [-0.1, -0.05) is 6.42 Å². The second-order valence-electron chi connectivity index (χ2n) is 12.0. The molecule has 1 aromatic carbocycles. The topological polar surface area (TPSA) is 151 Å². The van der Waals surface area contributed by atoms with Crippen molar-refractivity contribution in [3.8, 4) is 5.75 Å². The fourth-order valence-corrected chi connectivity index (χ4v) is 7.50. The van der Waals surface area contributed by atoms with E-state index in [1.807, 2.05) is 19.0 Å². The van der Waals surface area contributed by atoms with Crippen molar-refractivity contribution in [2.45, 2.75) is 50.3 Å². The molecule has 0 bridgehead atoms. The van der Waals surface area contributed by atoms with Gasteiger partial charge in [0.1, 0.15) is 0 Å². The summed E-state index contributed by atoms with van der Waals surface area (Å²) in [6, 6.07) is 0.737. The van der Waals surface area contributed by atoms with Crippen LogP contribution >= 0.6 is 0 Å². The first-order valence-corrected chi connectivity index (χ1v) is 13.8. The maximum absolute atomic E-state index is 14.1. The minimum atomic E-state index is -2.38. The molecule has 3 aliphatic carbocycles.